The Bertz CT molecular complexity index is 596. The van der Waals surface area contributed by atoms with Crippen LogP contribution in [0.4, 0.5) is 0 Å². The zero-order valence-electron chi connectivity index (χ0n) is 14.3. The molecule has 1 aromatic rings. The monoisotopic (exact) mass is 330 g/mol. The molecule has 5 heteroatoms. The highest BCUT2D eigenvalue weighted by molar-refractivity contribution is 5.97. The van der Waals surface area contributed by atoms with Crippen LogP contribution in [0.15, 0.2) is 24.3 Å². The van der Waals surface area contributed by atoms with E-state index in [2.05, 4.69) is 5.32 Å². The molecule has 0 spiro atoms. The first-order valence-corrected chi connectivity index (χ1v) is 8.98. The van der Waals surface area contributed by atoms with Crippen LogP contribution in [0.2, 0.25) is 0 Å². The number of nitrogens with one attached hydrogen (secondary N) is 1. The molecule has 1 aliphatic carbocycles. The molecule has 1 saturated heterocycles. The maximum Gasteiger partial charge on any atom is 0.255 e. The maximum absolute atomic E-state index is 12.6. The molecule has 1 aliphatic heterocycles. The van der Waals surface area contributed by atoms with E-state index in [1.54, 1.807) is 6.07 Å². The predicted octanol–water partition coefficient (Wildman–Crippen LogP) is 2.75. The van der Waals surface area contributed by atoms with E-state index >= 15 is 0 Å². The first-order chi connectivity index (χ1) is 11.6. The summed E-state index contributed by atoms with van der Waals surface area (Å²) >= 11 is 0. The molecule has 2 aliphatic rings. The summed E-state index contributed by atoms with van der Waals surface area (Å²) in [7, 11) is 0. The fourth-order valence-electron chi connectivity index (χ4n) is 3.52. The largest absolute Gasteiger partial charge is 0.490 e. The van der Waals surface area contributed by atoms with Gasteiger partial charge in [0.25, 0.3) is 5.91 Å². The Labute approximate surface area is 143 Å². The summed E-state index contributed by atoms with van der Waals surface area (Å²) in [4.78, 5) is 26.1. The van der Waals surface area contributed by atoms with Gasteiger partial charge in [0, 0.05) is 25.6 Å². The summed E-state index contributed by atoms with van der Waals surface area (Å²) in [6, 6.07) is 7.33. The zero-order chi connectivity index (χ0) is 16.9. The van der Waals surface area contributed by atoms with Crippen LogP contribution in [0.5, 0.6) is 5.75 Å². The van der Waals surface area contributed by atoms with E-state index in [-0.39, 0.29) is 24.0 Å². The van der Waals surface area contributed by atoms with Gasteiger partial charge >= 0.3 is 0 Å². The molecule has 1 N–H and O–H groups in total. The van der Waals surface area contributed by atoms with Gasteiger partial charge in [-0.2, -0.15) is 0 Å². The van der Waals surface area contributed by atoms with Gasteiger partial charge in [-0.1, -0.05) is 12.1 Å². The SMILES string of the molecule is C[C@@H](CN1CCCC1=O)NC(=O)c1ccccc1OC1CCCC1. The Morgan fingerprint density at radius 3 is 2.75 bits per heavy atom. The van der Waals surface area contributed by atoms with Crippen LogP contribution in [0.3, 0.4) is 0 Å². The van der Waals surface area contributed by atoms with Crippen molar-refractivity contribution in [1.82, 2.24) is 10.2 Å². The van der Waals surface area contributed by atoms with Gasteiger partial charge in [-0.3, -0.25) is 9.59 Å². The Balaban J connectivity index is 1.60. The molecule has 130 valence electrons. The minimum absolute atomic E-state index is 0.0842. The fourth-order valence-corrected chi connectivity index (χ4v) is 3.52. The first-order valence-electron chi connectivity index (χ1n) is 8.98. The highest BCUT2D eigenvalue weighted by Gasteiger charge is 2.24. The Hall–Kier alpha value is -2.04. The van der Waals surface area contributed by atoms with Crippen molar-refractivity contribution in [3.05, 3.63) is 29.8 Å². The van der Waals surface area contributed by atoms with E-state index in [4.69, 9.17) is 4.74 Å². The lowest BCUT2D eigenvalue weighted by molar-refractivity contribution is -0.127. The zero-order valence-corrected chi connectivity index (χ0v) is 14.3. The smallest absolute Gasteiger partial charge is 0.255 e. The number of hydrogen-bond acceptors (Lipinski definition) is 3. The Morgan fingerprint density at radius 2 is 2.04 bits per heavy atom. The molecule has 24 heavy (non-hydrogen) atoms. The van der Waals surface area contributed by atoms with Gasteiger partial charge in [0.15, 0.2) is 0 Å². The second kappa shape index (κ2) is 7.69. The third-order valence-electron chi connectivity index (χ3n) is 4.77. The summed E-state index contributed by atoms with van der Waals surface area (Å²) in [6.07, 6.45) is 6.27. The van der Waals surface area contributed by atoms with Gasteiger partial charge < -0.3 is 15.0 Å². The lowest BCUT2D eigenvalue weighted by Crippen LogP contribution is -2.42. The molecule has 3 rings (SSSR count). The highest BCUT2D eigenvalue weighted by Crippen LogP contribution is 2.26. The van der Waals surface area contributed by atoms with Crippen LogP contribution >= 0.6 is 0 Å². The third kappa shape index (κ3) is 4.08. The molecule has 0 unspecified atom stereocenters. The number of rotatable bonds is 6. The summed E-state index contributed by atoms with van der Waals surface area (Å²) in [5, 5.41) is 3.00. The molecular weight excluding hydrogens is 304 g/mol. The van der Waals surface area contributed by atoms with E-state index in [1.807, 2.05) is 30.0 Å². The Morgan fingerprint density at radius 1 is 1.29 bits per heavy atom. The van der Waals surface area contributed by atoms with Gasteiger partial charge in [0.2, 0.25) is 5.91 Å². The van der Waals surface area contributed by atoms with Gasteiger partial charge in [0.1, 0.15) is 5.75 Å². The minimum atomic E-state index is -0.136. The average molecular weight is 330 g/mol. The average Bonchev–Trinajstić information content (AvgIpc) is 3.20. The summed E-state index contributed by atoms with van der Waals surface area (Å²) < 4.78 is 6.03. The molecule has 1 atom stereocenters. The molecule has 1 aromatic carbocycles. The molecule has 0 aromatic heterocycles. The van der Waals surface area contributed by atoms with Crippen molar-refractivity contribution in [2.75, 3.05) is 13.1 Å². The predicted molar refractivity (Wildman–Crippen MR) is 92.1 cm³/mol. The number of carbonyl (C=O) groups excluding carboxylic acids is 2. The van der Waals surface area contributed by atoms with E-state index in [9.17, 15) is 9.59 Å². The van der Waals surface area contributed by atoms with E-state index in [1.165, 1.54) is 12.8 Å². The first kappa shape index (κ1) is 16.8. The number of para-hydroxylation sites is 1. The summed E-state index contributed by atoms with van der Waals surface area (Å²) in [5.41, 5.74) is 0.573. The molecule has 5 nitrogen and oxygen atoms in total. The topological polar surface area (TPSA) is 58.6 Å². The lowest BCUT2D eigenvalue weighted by atomic mass is 10.1. The van der Waals surface area contributed by atoms with Crippen LogP contribution in [-0.2, 0) is 4.79 Å². The van der Waals surface area contributed by atoms with Crippen molar-refractivity contribution >= 4 is 11.8 Å². The quantitative estimate of drug-likeness (QED) is 0.872. The van der Waals surface area contributed by atoms with E-state index < -0.39 is 0 Å². The van der Waals surface area contributed by atoms with Gasteiger partial charge in [-0.05, 0) is 51.2 Å². The number of ether oxygens (including phenoxy) is 1. The van der Waals surface area contributed by atoms with Crippen molar-refractivity contribution < 1.29 is 14.3 Å². The second-order valence-electron chi connectivity index (χ2n) is 6.84. The van der Waals surface area contributed by atoms with Crippen molar-refractivity contribution in [2.24, 2.45) is 0 Å². The lowest BCUT2D eigenvalue weighted by Gasteiger charge is -2.22. The molecule has 0 radical (unpaired) electrons. The number of carbonyl (C=O) groups is 2. The number of benzene rings is 1. The molecule has 1 heterocycles. The third-order valence-corrected chi connectivity index (χ3v) is 4.77. The number of amides is 2. The van der Waals surface area contributed by atoms with Crippen molar-refractivity contribution in [1.29, 1.82) is 0 Å². The second-order valence-corrected chi connectivity index (χ2v) is 6.84. The van der Waals surface area contributed by atoms with Gasteiger partial charge in [0.05, 0.1) is 11.7 Å². The standard InChI is InChI=1S/C19H26N2O3/c1-14(13-21-12-6-11-18(21)22)20-19(23)16-9-4-5-10-17(16)24-15-7-2-3-8-15/h4-5,9-10,14-15H,2-3,6-8,11-13H2,1H3,(H,20,23)/t14-/m0/s1. The van der Waals surface area contributed by atoms with Crippen molar-refractivity contribution in [3.63, 3.8) is 0 Å². The minimum Gasteiger partial charge on any atom is -0.490 e. The van der Waals surface area contributed by atoms with Crippen LogP contribution in [0.25, 0.3) is 0 Å². The van der Waals surface area contributed by atoms with E-state index in [0.717, 1.165) is 25.8 Å². The molecule has 0 bridgehead atoms. The number of likely N-dealkylation sites (tertiary alicyclic amines) is 1. The normalized spacial score (nSPS) is 19.5. The van der Waals surface area contributed by atoms with E-state index in [0.29, 0.717) is 24.3 Å². The van der Waals surface area contributed by atoms with Crippen LogP contribution in [-0.4, -0.2) is 41.9 Å². The molecule has 2 amide bonds. The van der Waals surface area contributed by atoms with Gasteiger partial charge in [-0.25, -0.2) is 0 Å². The van der Waals surface area contributed by atoms with Crippen molar-refractivity contribution in [3.8, 4) is 5.75 Å². The molecule has 1 saturated carbocycles. The highest BCUT2D eigenvalue weighted by atomic mass is 16.5. The summed E-state index contributed by atoms with van der Waals surface area (Å²) in [5.74, 6) is 0.704. The number of hydrogen-bond donors (Lipinski definition) is 1. The van der Waals surface area contributed by atoms with Crippen LogP contribution in [0, 0.1) is 0 Å². The molecular formula is C19H26N2O3. The fraction of sp³-hybridized carbons (Fsp3) is 0.579. The Kier molecular flexibility index (Phi) is 5.38. The maximum atomic E-state index is 12.6. The molecule has 2 fully saturated rings. The van der Waals surface area contributed by atoms with Crippen LogP contribution < -0.4 is 10.1 Å². The number of nitrogens with zero attached hydrogens (tertiary/aromatic N) is 1. The van der Waals surface area contributed by atoms with Crippen LogP contribution in [0.1, 0.15) is 55.8 Å². The van der Waals surface area contributed by atoms with Gasteiger partial charge in [-0.15, -0.1) is 0 Å². The van der Waals surface area contributed by atoms with Crippen molar-refractivity contribution in [2.45, 2.75) is 57.6 Å². The summed E-state index contributed by atoms with van der Waals surface area (Å²) in [6.45, 7) is 3.29.